The third-order valence-corrected chi connectivity index (χ3v) is 8.41. The topological polar surface area (TPSA) is 100 Å². The summed E-state index contributed by atoms with van der Waals surface area (Å²) >= 11 is 0. The van der Waals surface area contributed by atoms with Gasteiger partial charge in [-0.1, -0.05) is 25.0 Å². The van der Waals surface area contributed by atoms with Crippen LogP contribution in [0.25, 0.3) is 32.4 Å². The summed E-state index contributed by atoms with van der Waals surface area (Å²) in [6.07, 6.45) is 5.01. The number of alkyl carbamates (subject to hydrolysis) is 1. The monoisotopic (exact) mass is 617 g/mol. The number of benzene rings is 3. The summed E-state index contributed by atoms with van der Waals surface area (Å²) in [7, 11) is 1.58. The number of hydrogen-bond acceptors (Lipinski definition) is 8. The van der Waals surface area contributed by atoms with Crippen molar-refractivity contribution in [3.63, 3.8) is 0 Å². The molecule has 45 heavy (non-hydrogen) atoms. The molecule has 3 aromatic carbocycles. The van der Waals surface area contributed by atoms with Crippen molar-refractivity contribution in [1.29, 1.82) is 0 Å². The Kier molecular flexibility index (Phi) is 8.94. The summed E-state index contributed by atoms with van der Waals surface area (Å²) < 4.78 is 30.5. The third-order valence-electron chi connectivity index (χ3n) is 8.41. The number of nitrogens with zero attached hydrogens (tertiary/aromatic N) is 2. The van der Waals surface area contributed by atoms with Gasteiger partial charge in [0.05, 0.1) is 24.6 Å². The molecular weight excluding hydrogens is 574 g/mol. The van der Waals surface area contributed by atoms with Crippen LogP contribution in [0.15, 0.2) is 41.2 Å². The SMILES string of the molecule is COc1cc2c(=O)n(CCN3CCCCCC3)c3c4cc5c(cc4ccc3c2cc1OCCCNC(=O)OC(C)(C)C)OCO5. The first-order valence-electron chi connectivity index (χ1n) is 15.9. The van der Waals surface area contributed by atoms with Crippen molar-refractivity contribution >= 4 is 38.5 Å². The predicted molar refractivity (Wildman–Crippen MR) is 175 cm³/mol. The zero-order valence-electron chi connectivity index (χ0n) is 26.7. The standard InChI is InChI=1S/C35H43N3O7/c1-35(2,3)45-34(40)36-12-9-17-42-30-20-26-24-11-10-23-18-29-31(44-22-43-29)19-25(23)32(24)38(33(39)27(26)21-28(30)41-4)16-15-37-13-7-5-6-8-14-37/h10-11,18-21H,5-9,12-17,22H2,1-4H3,(H,36,40). The largest absolute Gasteiger partial charge is 0.493 e. The van der Waals surface area contributed by atoms with E-state index in [1.54, 1.807) is 13.2 Å². The average molecular weight is 618 g/mol. The summed E-state index contributed by atoms with van der Waals surface area (Å²) in [6, 6.07) is 11.8. The number of carbonyl (C=O) groups excluding carboxylic acids is 1. The van der Waals surface area contributed by atoms with Crippen molar-refractivity contribution in [2.75, 3.05) is 46.7 Å². The smallest absolute Gasteiger partial charge is 0.407 e. The quantitative estimate of drug-likeness (QED) is 0.175. The van der Waals surface area contributed by atoms with Gasteiger partial charge in [-0.25, -0.2) is 4.79 Å². The third kappa shape index (κ3) is 6.76. The molecule has 0 radical (unpaired) electrons. The van der Waals surface area contributed by atoms with E-state index in [0.29, 0.717) is 54.5 Å². The molecule has 1 saturated heterocycles. The maximum absolute atomic E-state index is 14.3. The Balaban J connectivity index is 1.37. The lowest BCUT2D eigenvalue weighted by Gasteiger charge is -2.22. The van der Waals surface area contributed by atoms with E-state index in [-0.39, 0.29) is 12.4 Å². The van der Waals surface area contributed by atoms with Crippen LogP contribution in [-0.2, 0) is 11.3 Å². The van der Waals surface area contributed by atoms with E-state index in [1.165, 1.54) is 25.7 Å². The molecule has 240 valence electrons. The first kappa shape index (κ1) is 30.8. The lowest BCUT2D eigenvalue weighted by molar-refractivity contribution is 0.0525. The van der Waals surface area contributed by atoms with Crippen LogP contribution in [0.3, 0.4) is 0 Å². The van der Waals surface area contributed by atoms with E-state index in [1.807, 2.05) is 43.5 Å². The Labute approximate surface area is 263 Å². The Morgan fingerprint density at radius 2 is 1.62 bits per heavy atom. The molecule has 10 heteroatoms. The van der Waals surface area contributed by atoms with E-state index in [9.17, 15) is 9.59 Å². The van der Waals surface area contributed by atoms with E-state index < -0.39 is 11.7 Å². The van der Waals surface area contributed by atoms with Gasteiger partial charge in [-0.15, -0.1) is 0 Å². The maximum atomic E-state index is 14.3. The molecule has 1 amide bonds. The number of ether oxygens (including phenoxy) is 5. The van der Waals surface area contributed by atoms with Crippen molar-refractivity contribution in [3.05, 3.63) is 46.8 Å². The fourth-order valence-electron chi connectivity index (χ4n) is 6.26. The number of amides is 1. The van der Waals surface area contributed by atoms with Crippen LogP contribution in [0.2, 0.25) is 0 Å². The Morgan fingerprint density at radius 3 is 2.36 bits per heavy atom. The van der Waals surface area contributed by atoms with Crippen LogP contribution in [-0.4, -0.2) is 67.8 Å². The molecule has 0 spiro atoms. The number of pyridine rings is 1. The highest BCUT2D eigenvalue weighted by Gasteiger charge is 2.21. The first-order chi connectivity index (χ1) is 21.7. The molecule has 0 aliphatic carbocycles. The van der Waals surface area contributed by atoms with Crippen LogP contribution < -0.4 is 29.8 Å². The van der Waals surface area contributed by atoms with E-state index in [4.69, 9.17) is 23.7 Å². The zero-order chi connectivity index (χ0) is 31.6. The fraction of sp³-hybridized carbons (Fsp3) is 0.486. The molecule has 0 unspecified atom stereocenters. The number of nitrogens with one attached hydrogen (secondary N) is 1. The molecule has 0 saturated carbocycles. The van der Waals surface area contributed by atoms with Crippen LogP contribution in [0.4, 0.5) is 4.79 Å². The van der Waals surface area contributed by atoms with E-state index in [0.717, 1.165) is 46.7 Å². The van der Waals surface area contributed by atoms with Crippen molar-refractivity contribution in [1.82, 2.24) is 14.8 Å². The summed E-state index contributed by atoms with van der Waals surface area (Å²) in [5.74, 6) is 2.42. The fourth-order valence-corrected chi connectivity index (χ4v) is 6.26. The highest BCUT2D eigenvalue weighted by atomic mass is 16.7. The zero-order valence-corrected chi connectivity index (χ0v) is 26.7. The van der Waals surface area contributed by atoms with Gasteiger partial charge < -0.3 is 38.5 Å². The molecule has 1 aromatic heterocycles. The number of carbonyl (C=O) groups is 1. The molecular formula is C35H43N3O7. The van der Waals surface area contributed by atoms with Gasteiger partial charge in [0, 0.05) is 35.8 Å². The number of likely N-dealkylation sites (tertiary alicyclic amines) is 1. The minimum Gasteiger partial charge on any atom is -0.493 e. The molecule has 6 rings (SSSR count). The molecule has 1 N–H and O–H groups in total. The summed E-state index contributed by atoms with van der Waals surface area (Å²) in [5.41, 5.74) is 0.249. The van der Waals surface area contributed by atoms with Gasteiger partial charge in [0.1, 0.15) is 5.60 Å². The highest BCUT2D eigenvalue weighted by Crippen LogP contribution is 2.41. The molecule has 4 aromatic rings. The minimum atomic E-state index is -0.556. The van der Waals surface area contributed by atoms with Crippen LogP contribution in [0, 0.1) is 0 Å². The van der Waals surface area contributed by atoms with Gasteiger partial charge in [0.25, 0.3) is 5.56 Å². The number of fused-ring (bicyclic) bond motifs is 6. The maximum Gasteiger partial charge on any atom is 0.407 e. The van der Waals surface area contributed by atoms with Crippen molar-refractivity contribution in [3.8, 4) is 23.0 Å². The Bertz CT molecular complexity index is 1770. The molecule has 2 aliphatic heterocycles. The summed E-state index contributed by atoms with van der Waals surface area (Å²) in [6.45, 7) is 9.90. The summed E-state index contributed by atoms with van der Waals surface area (Å²) in [5, 5.41) is 7.00. The van der Waals surface area contributed by atoms with Crippen molar-refractivity contribution in [2.45, 2.75) is 65.0 Å². The molecule has 0 bridgehead atoms. The molecule has 2 aliphatic rings. The molecule has 3 heterocycles. The second-order valence-corrected chi connectivity index (χ2v) is 12.8. The number of methoxy groups -OCH3 is 1. The molecule has 1 fully saturated rings. The average Bonchev–Trinajstić information content (AvgIpc) is 3.30. The van der Waals surface area contributed by atoms with Gasteiger partial charge in [-0.2, -0.15) is 0 Å². The predicted octanol–water partition coefficient (Wildman–Crippen LogP) is 6.21. The van der Waals surface area contributed by atoms with Gasteiger partial charge in [0.15, 0.2) is 23.0 Å². The second-order valence-electron chi connectivity index (χ2n) is 12.8. The highest BCUT2D eigenvalue weighted by molar-refractivity contribution is 6.16. The van der Waals surface area contributed by atoms with Gasteiger partial charge in [-0.3, -0.25) is 4.79 Å². The molecule has 0 atom stereocenters. The lowest BCUT2D eigenvalue weighted by Crippen LogP contribution is -2.33. The van der Waals surface area contributed by atoms with Crippen LogP contribution >= 0.6 is 0 Å². The van der Waals surface area contributed by atoms with Crippen molar-refractivity contribution in [2.24, 2.45) is 0 Å². The minimum absolute atomic E-state index is 0.0658. The van der Waals surface area contributed by atoms with Gasteiger partial charge in [0.2, 0.25) is 6.79 Å². The van der Waals surface area contributed by atoms with Crippen LogP contribution in [0.5, 0.6) is 23.0 Å². The molecule has 10 nitrogen and oxygen atoms in total. The van der Waals surface area contributed by atoms with Gasteiger partial charge >= 0.3 is 6.09 Å². The van der Waals surface area contributed by atoms with Crippen LogP contribution in [0.1, 0.15) is 52.9 Å². The van der Waals surface area contributed by atoms with Gasteiger partial charge in [-0.05, 0) is 82.8 Å². The number of hydrogen-bond donors (Lipinski definition) is 1. The first-order valence-corrected chi connectivity index (χ1v) is 15.9. The van der Waals surface area contributed by atoms with E-state index >= 15 is 0 Å². The second kappa shape index (κ2) is 13.0. The lowest BCUT2D eigenvalue weighted by atomic mass is 9.99. The summed E-state index contributed by atoms with van der Waals surface area (Å²) in [4.78, 5) is 28.8. The Morgan fingerprint density at radius 1 is 0.889 bits per heavy atom. The van der Waals surface area contributed by atoms with Crippen molar-refractivity contribution < 1.29 is 28.5 Å². The van der Waals surface area contributed by atoms with E-state index in [2.05, 4.69) is 22.3 Å². The number of rotatable bonds is 9. The Hall–Kier alpha value is -4.18. The number of aromatic nitrogens is 1. The normalized spacial score (nSPS) is 15.4.